The Labute approximate surface area is 146 Å². The molecule has 1 aliphatic rings. The minimum atomic E-state index is 0.00546. The second-order valence-corrected chi connectivity index (χ2v) is 6.38. The minimum absolute atomic E-state index is 0.00546. The van der Waals surface area contributed by atoms with E-state index in [0.29, 0.717) is 5.95 Å². The zero-order valence-corrected chi connectivity index (χ0v) is 14.2. The molecule has 0 spiro atoms. The lowest BCUT2D eigenvalue weighted by Crippen LogP contribution is -2.13. The van der Waals surface area contributed by atoms with Gasteiger partial charge in [0.25, 0.3) is 0 Å². The quantitative estimate of drug-likeness (QED) is 0.715. The number of anilines is 2. The number of pyridine rings is 1. The third-order valence-electron chi connectivity index (χ3n) is 4.52. The molecule has 4 rings (SSSR count). The topological polar surface area (TPSA) is 94.5 Å². The molecule has 0 radical (unpaired) electrons. The highest BCUT2D eigenvalue weighted by atomic mass is 15.3. The van der Waals surface area contributed by atoms with Gasteiger partial charge in [-0.15, -0.1) is 0 Å². The Balaban J connectivity index is 1.72. The number of nitrogens with zero attached hydrogens (tertiary/aromatic N) is 5. The molecule has 0 aliphatic heterocycles. The molecular formula is C18H21N7. The molecule has 128 valence electrons. The third kappa shape index (κ3) is 3.23. The number of aryl methyl sites for hydroxylation is 2. The lowest BCUT2D eigenvalue weighted by molar-refractivity contribution is 0.615. The first-order valence-corrected chi connectivity index (χ1v) is 8.53. The second-order valence-electron chi connectivity index (χ2n) is 6.38. The van der Waals surface area contributed by atoms with Crippen LogP contribution >= 0.6 is 0 Å². The number of aromatic nitrogens is 5. The molecular weight excluding hydrogens is 314 g/mol. The highest BCUT2D eigenvalue weighted by Crippen LogP contribution is 2.33. The van der Waals surface area contributed by atoms with Crippen LogP contribution in [0.3, 0.4) is 0 Å². The van der Waals surface area contributed by atoms with Gasteiger partial charge in [-0.1, -0.05) is 6.42 Å². The monoisotopic (exact) mass is 335 g/mol. The molecule has 0 bridgehead atoms. The summed E-state index contributed by atoms with van der Waals surface area (Å²) in [5.41, 5.74) is 11.4. The average Bonchev–Trinajstić information content (AvgIpc) is 2.93. The van der Waals surface area contributed by atoms with Gasteiger partial charge in [0.15, 0.2) is 0 Å². The van der Waals surface area contributed by atoms with Crippen LogP contribution in [0.5, 0.6) is 0 Å². The fourth-order valence-electron chi connectivity index (χ4n) is 3.34. The Kier molecular flexibility index (Phi) is 4.15. The molecule has 25 heavy (non-hydrogen) atoms. The molecule has 0 saturated heterocycles. The van der Waals surface area contributed by atoms with Crippen molar-refractivity contribution < 1.29 is 0 Å². The Morgan fingerprint density at radius 1 is 1.20 bits per heavy atom. The largest absolute Gasteiger partial charge is 0.324 e. The van der Waals surface area contributed by atoms with Crippen LogP contribution in [0.25, 0.3) is 11.4 Å². The van der Waals surface area contributed by atoms with Gasteiger partial charge in [-0.3, -0.25) is 9.67 Å². The molecule has 3 aromatic rings. The van der Waals surface area contributed by atoms with Crippen LogP contribution in [0.2, 0.25) is 0 Å². The zero-order chi connectivity index (χ0) is 17.2. The van der Waals surface area contributed by atoms with E-state index in [-0.39, 0.29) is 6.04 Å². The molecule has 7 heteroatoms. The highest BCUT2D eigenvalue weighted by molar-refractivity contribution is 5.63. The Morgan fingerprint density at radius 2 is 2.08 bits per heavy atom. The van der Waals surface area contributed by atoms with Gasteiger partial charge in [0, 0.05) is 31.7 Å². The Bertz CT molecular complexity index is 887. The van der Waals surface area contributed by atoms with E-state index in [4.69, 9.17) is 5.73 Å². The lowest BCUT2D eigenvalue weighted by Gasteiger charge is -2.16. The molecule has 1 unspecified atom stereocenters. The predicted octanol–water partition coefficient (Wildman–Crippen LogP) is 2.74. The van der Waals surface area contributed by atoms with Gasteiger partial charge < -0.3 is 11.1 Å². The fourth-order valence-corrected chi connectivity index (χ4v) is 3.34. The van der Waals surface area contributed by atoms with Crippen LogP contribution in [0.4, 0.5) is 11.6 Å². The summed E-state index contributed by atoms with van der Waals surface area (Å²) in [6.45, 7) is 0. The van der Waals surface area contributed by atoms with E-state index in [0.717, 1.165) is 41.9 Å². The maximum absolute atomic E-state index is 6.44. The summed E-state index contributed by atoms with van der Waals surface area (Å²) in [7, 11) is 1.87. The predicted molar refractivity (Wildman–Crippen MR) is 96.2 cm³/mol. The second kappa shape index (κ2) is 6.60. The normalized spacial score (nSPS) is 17.0. The van der Waals surface area contributed by atoms with E-state index < -0.39 is 0 Å². The number of nitrogens with one attached hydrogen (secondary N) is 1. The van der Waals surface area contributed by atoms with Crippen molar-refractivity contribution in [1.29, 1.82) is 0 Å². The first-order valence-electron chi connectivity index (χ1n) is 8.53. The van der Waals surface area contributed by atoms with Crippen molar-refractivity contribution in [2.24, 2.45) is 12.8 Å². The summed E-state index contributed by atoms with van der Waals surface area (Å²) in [5.74, 6) is 0.520. The van der Waals surface area contributed by atoms with E-state index in [9.17, 15) is 0 Å². The fraction of sp³-hybridized carbons (Fsp3) is 0.333. The van der Waals surface area contributed by atoms with Crippen LogP contribution in [-0.2, 0) is 13.5 Å². The summed E-state index contributed by atoms with van der Waals surface area (Å²) in [5, 5.41) is 7.32. The van der Waals surface area contributed by atoms with E-state index in [1.165, 1.54) is 12.0 Å². The zero-order valence-electron chi connectivity index (χ0n) is 14.2. The van der Waals surface area contributed by atoms with Gasteiger partial charge in [0.2, 0.25) is 5.95 Å². The maximum Gasteiger partial charge on any atom is 0.227 e. The Morgan fingerprint density at radius 3 is 2.92 bits per heavy atom. The van der Waals surface area contributed by atoms with Gasteiger partial charge in [-0.05, 0) is 42.5 Å². The van der Waals surface area contributed by atoms with E-state index >= 15 is 0 Å². The summed E-state index contributed by atoms with van der Waals surface area (Å²) in [4.78, 5) is 13.5. The molecule has 7 nitrogen and oxygen atoms in total. The van der Waals surface area contributed by atoms with Gasteiger partial charge >= 0.3 is 0 Å². The molecule has 0 amide bonds. The van der Waals surface area contributed by atoms with Crippen LogP contribution in [0, 0.1) is 0 Å². The van der Waals surface area contributed by atoms with Crippen molar-refractivity contribution in [2.75, 3.05) is 5.32 Å². The van der Waals surface area contributed by atoms with Crippen LogP contribution in [0.15, 0.2) is 36.9 Å². The SMILES string of the molecule is Cn1cc(Nc2nccc(-c3nccc4c3C(N)CCCC4)n2)cn1. The number of hydrogen-bond donors (Lipinski definition) is 2. The average molecular weight is 335 g/mol. The van der Waals surface area contributed by atoms with E-state index in [1.54, 1.807) is 17.1 Å². The third-order valence-corrected chi connectivity index (χ3v) is 4.52. The van der Waals surface area contributed by atoms with Crippen LogP contribution in [-0.4, -0.2) is 24.7 Å². The molecule has 1 aliphatic carbocycles. The summed E-state index contributed by atoms with van der Waals surface area (Å²) >= 11 is 0. The number of hydrogen-bond acceptors (Lipinski definition) is 6. The first-order chi connectivity index (χ1) is 12.2. The number of fused-ring (bicyclic) bond motifs is 1. The molecule has 0 fully saturated rings. The van der Waals surface area contributed by atoms with Crippen molar-refractivity contribution in [3.63, 3.8) is 0 Å². The van der Waals surface area contributed by atoms with Crippen molar-refractivity contribution in [1.82, 2.24) is 24.7 Å². The van der Waals surface area contributed by atoms with Gasteiger partial charge in [-0.2, -0.15) is 5.10 Å². The van der Waals surface area contributed by atoms with E-state index in [1.807, 2.05) is 25.5 Å². The molecule has 3 N–H and O–H groups in total. The van der Waals surface area contributed by atoms with Gasteiger partial charge in [-0.25, -0.2) is 9.97 Å². The lowest BCUT2D eigenvalue weighted by atomic mass is 9.97. The van der Waals surface area contributed by atoms with Crippen molar-refractivity contribution in [3.8, 4) is 11.4 Å². The van der Waals surface area contributed by atoms with Crippen LogP contribution in [0.1, 0.15) is 36.4 Å². The molecule has 0 saturated carbocycles. The van der Waals surface area contributed by atoms with Gasteiger partial charge in [0.1, 0.15) is 0 Å². The highest BCUT2D eigenvalue weighted by Gasteiger charge is 2.21. The summed E-state index contributed by atoms with van der Waals surface area (Å²) < 4.78 is 1.73. The van der Waals surface area contributed by atoms with Gasteiger partial charge in [0.05, 0.1) is 23.3 Å². The molecule has 1 atom stereocenters. The van der Waals surface area contributed by atoms with E-state index in [2.05, 4.69) is 31.4 Å². The smallest absolute Gasteiger partial charge is 0.227 e. The number of rotatable bonds is 3. The minimum Gasteiger partial charge on any atom is -0.324 e. The Hall–Kier alpha value is -2.80. The first kappa shape index (κ1) is 15.7. The van der Waals surface area contributed by atoms with Crippen molar-refractivity contribution in [2.45, 2.75) is 31.7 Å². The molecule has 3 heterocycles. The van der Waals surface area contributed by atoms with Crippen molar-refractivity contribution in [3.05, 3.63) is 48.0 Å². The molecule has 0 aromatic carbocycles. The number of nitrogens with two attached hydrogens (primary N) is 1. The summed E-state index contributed by atoms with van der Waals surface area (Å²) in [6.07, 6.45) is 11.5. The van der Waals surface area contributed by atoms with Crippen molar-refractivity contribution >= 4 is 11.6 Å². The standard InChI is InChI=1S/C18H21N7/c1-25-11-13(10-22-25)23-18-21-9-7-15(24-18)17-16-12(6-8-20-17)4-2-3-5-14(16)19/h6-11,14H,2-5,19H2,1H3,(H,21,23,24). The molecule has 3 aromatic heterocycles. The maximum atomic E-state index is 6.44. The van der Waals surface area contributed by atoms with Crippen LogP contribution < -0.4 is 11.1 Å². The summed E-state index contributed by atoms with van der Waals surface area (Å²) in [6, 6.07) is 3.97.